The minimum atomic E-state index is -0.920. The first-order valence-corrected chi connectivity index (χ1v) is 11.8. The van der Waals surface area contributed by atoms with Crippen molar-refractivity contribution in [3.05, 3.63) is 83.9 Å². The third-order valence-electron chi connectivity index (χ3n) is 6.41. The lowest BCUT2D eigenvalue weighted by Gasteiger charge is -2.29. The van der Waals surface area contributed by atoms with Crippen LogP contribution in [0, 0.1) is 12.8 Å². The summed E-state index contributed by atoms with van der Waals surface area (Å²) in [4.78, 5) is 34.7. The van der Waals surface area contributed by atoms with Crippen LogP contribution in [-0.4, -0.2) is 31.6 Å². The monoisotopic (exact) mass is 472 g/mol. The average Bonchev–Trinajstić information content (AvgIpc) is 3.39. The van der Waals surface area contributed by atoms with E-state index in [0.717, 1.165) is 23.2 Å². The number of benzene rings is 3. The van der Waals surface area contributed by atoms with E-state index < -0.39 is 18.1 Å². The number of carbonyl (C=O) groups is 2. The number of ether oxygens (including phenoxy) is 2. The van der Waals surface area contributed by atoms with Crippen LogP contribution in [0.4, 0.5) is 11.4 Å². The number of anilines is 2. The molecular formula is C28H28N2O5. The molecule has 0 aliphatic carbocycles. The fraction of sp³-hybridized carbons (Fsp3) is 0.286. The van der Waals surface area contributed by atoms with Crippen molar-refractivity contribution in [1.82, 2.24) is 0 Å². The molecule has 2 aliphatic heterocycles. The SMILES string of the molecule is CCCOc1ccc([C@H]2[C@H]3C(=O)N(c4ccc(C)cc4)C(=O)[C@H]3ON2c2ccccc2)cc1OC. The third-order valence-corrected chi connectivity index (χ3v) is 6.41. The van der Waals surface area contributed by atoms with Crippen molar-refractivity contribution in [2.24, 2.45) is 5.92 Å². The maximum absolute atomic E-state index is 13.7. The van der Waals surface area contributed by atoms with E-state index in [0.29, 0.717) is 23.8 Å². The summed E-state index contributed by atoms with van der Waals surface area (Å²) in [6.45, 7) is 4.57. The highest BCUT2D eigenvalue weighted by atomic mass is 16.7. The Morgan fingerprint density at radius 3 is 2.31 bits per heavy atom. The van der Waals surface area contributed by atoms with Crippen molar-refractivity contribution in [1.29, 1.82) is 0 Å². The fourth-order valence-corrected chi connectivity index (χ4v) is 4.70. The van der Waals surface area contributed by atoms with Crippen molar-refractivity contribution in [3.8, 4) is 11.5 Å². The summed E-state index contributed by atoms with van der Waals surface area (Å²) < 4.78 is 11.4. The molecule has 3 aromatic rings. The quantitative estimate of drug-likeness (QED) is 0.458. The van der Waals surface area contributed by atoms with Crippen LogP contribution in [0.1, 0.15) is 30.5 Å². The van der Waals surface area contributed by atoms with Gasteiger partial charge in [0.15, 0.2) is 17.6 Å². The highest BCUT2D eigenvalue weighted by Crippen LogP contribution is 2.48. The number of methoxy groups -OCH3 is 1. The highest BCUT2D eigenvalue weighted by Gasteiger charge is 2.60. The van der Waals surface area contributed by atoms with Crippen molar-refractivity contribution in [2.45, 2.75) is 32.4 Å². The van der Waals surface area contributed by atoms with Gasteiger partial charge in [-0.25, -0.2) is 9.96 Å². The van der Waals surface area contributed by atoms with Gasteiger partial charge in [0.1, 0.15) is 5.92 Å². The van der Waals surface area contributed by atoms with Crippen LogP contribution in [0.15, 0.2) is 72.8 Å². The van der Waals surface area contributed by atoms with Gasteiger partial charge in [-0.2, -0.15) is 0 Å². The number of para-hydroxylation sites is 1. The smallest absolute Gasteiger partial charge is 0.266 e. The van der Waals surface area contributed by atoms with Crippen LogP contribution >= 0.6 is 0 Å². The second-order valence-corrected chi connectivity index (χ2v) is 8.76. The molecule has 0 spiro atoms. The number of hydroxylamine groups is 1. The third kappa shape index (κ3) is 4.02. The van der Waals surface area contributed by atoms with Gasteiger partial charge in [-0.3, -0.25) is 14.4 Å². The molecule has 3 aromatic carbocycles. The summed E-state index contributed by atoms with van der Waals surface area (Å²) >= 11 is 0. The Kier molecular flexibility index (Phi) is 6.17. The van der Waals surface area contributed by atoms with Crippen molar-refractivity contribution in [3.63, 3.8) is 0 Å². The Labute approximate surface area is 204 Å². The van der Waals surface area contributed by atoms with Gasteiger partial charge in [0.2, 0.25) is 5.91 Å². The number of imide groups is 1. The average molecular weight is 473 g/mol. The van der Waals surface area contributed by atoms with Crippen LogP contribution in [-0.2, 0) is 14.4 Å². The van der Waals surface area contributed by atoms with Gasteiger partial charge in [0.25, 0.3) is 5.91 Å². The number of hydrogen-bond acceptors (Lipinski definition) is 6. The molecule has 2 heterocycles. The summed E-state index contributed by atoms with van der Waals surface area (Å²) in [5.74, 6) is -0.148. The van der Waals surface area contributed by atoms with E-state index in [1.54, 1.807) is 24.3 Å². The number of hydrogen-bond donors (Lipinski definition) is 0. The summed E-state index contributed by atoms with van der Waals surface area (Å²) in [5.41, 5.74) is 3.16. The van der Waals surface area contributed by atoms with Gasteiger partial charge in [-0.05, 0) is 55.3 Å². The maximum atomic E-state index is 13.7. The standard InChI is InChI=1S/C28H28N2O5/c1-4-16-34-22-15-12-19(17-23(22)33-3)25-24-26(35-30(25)21-8-6-5-7-9-21)28(32)29(27(24)31)20-13-10-18(2)11-14-20/h5-15,17,24-26H,4,16H2,1-3H3/t24-,25+,26+/m1/s1. The zero-order valence-corrected chi connectivity index (χ0v) is 20.0. The fourth-order valence-electron chi connectivity index (χ4n) is 4.70. The van der Waals surface area contributed by atoms with E-state index in [1.165, 1.54) is 4.90 Å². The minimum Gasteiger partial charge on any atom is -0.493 e. The Morgan fingerprint density at radius 1 is 0.886 bits per heavy atom. The van der Waals surface area contributed by atoms with E-state index in [9.17, 15) is 9.59 Å². The molecule has 5 rings (SSSR count). The summed E-state index contributed by atoms with van der Waals surface area (Å²) in [5, 5.41) is 1.68. The predicted molar refractivity (Wildman–Crippen MR) is 132 cm³/mol. The minimum absolute atomic E-state index is 0.280. The Bertz CT molecular complexity index is 1230. The number of amides is 2. The molecule has 2 fully saturated rings. The molecule has 2 amide bonds. The summed E-state index contributed by atoms with van der Waals surface area (Å²) in [7, 11) is 1.59. The Morgan fingerprint density at radius 2 is 1.63 bits per heavy atom. The molecule has 0 radical (unpaired) electrons. The van der Waals surface area contributed by atoms with Crippen LogP contribution in [0.5, 0.6) is 11.5 Å². The first-order valence-electron chi connectivity index (χ1n) is 11.8. The lowest BCUT2D eigenvalue weighted by molar-refractivity contribution is -0.126. The zero-order valence-electron chi connectivity index (χ0n) is 20.0. The van der Waals surface area contributed by atoms with E-state index in [1.807, 2.05) is 74.5 Å². The molecule has 7 nitrogen and oxygen atoms in total. The van der Waals surface area contributed by atoms with E-state index in [-0.39, 0.29) is 11.8 Å². The molecule has 0 N–H and O–H groups in total. The first kappa shape index (κ1) is 22.9. The van der Waals surface area contributed by atoms with E-state index in [2.05, 4.69) is 0 Å². The van der Waals surface area contributed by atoms with Crippen molar-refractivity contribution in [2.75, 3.05) is 23.7 Å². The van der Waals surface area contributed by atoms with E-state index in [4.69, 9.17) is 14.3 Å². The van der Waals surface area contributed by atoms with Gasteiger partial charge in [-0.15, -0.1) is 0 Å². The Balaban J connectivity index is 1.57. The second kappa shape index (κ2) is 9.43. The predicted octanol–water partition coefficient (Wildman–Crippen LogP) is 4.84. The number of rotatable bonds is 7. The summed E-state index contributed by atoms with van der Waals surface area (Å²) in [6, 6.07) is 22.0. The number of carbonyl (C=O) groups excluding carboxylic acids is 2. The number of aryl methyl sites for hydroxylation is 1. The lowest BCUT2D eigenvalue weighted by Crippen LogP contribution is -2.37. The lowest BCUT2D eigenvalue weighted by atomic mass is 9.90. The van der Waals surface area contributed by atoms with Gasteiger partial charge < -0.3 is 9.47 Å². The molecular weight excluding hydrogens is 444 g/mol. The molecule has 180 valence electrons. The second-order valence-electron chi connectivity index (χ2n) is 8.76. The van der Waals surface area contributed by atoms with Gasteiger partial charge in [-0.1, -0.05) is 48.9 Å². The normalized spacial score (nSPS) is 21.4. The van der Waals surface area contributed by atoms with Crippen LogP contribution in [0.3, 0.4) is 0 Å². The number of fused-ring (bicyclic) bond motifs is 1. The van der Waals surface area contributed by atoms with Crippen molar-refractivity contribution >= 4 is 23.2 Å². The molecule has 7 heteroatoms. The molecule has 0 unspecified atom stereocenters. The Hall–Kier alpha value is -3.84. The highest BCUT2D eigenvalue weighted by molar-refractivity contribution is 6.23. The molecule has 3 atom stereocenters. The molecule has 0 saturated carbocycles. The van der Waals surface area contributed by atoms with Crippen LogP contribution < -0.4 is 19.4 Å². The van der Waals surface area contributed by atoms with E-state index >= 15 is 0 Å². The van der Waals surface area contributed by atoms with Gasteiger partial charge >= 0.3 is 0 Å². The largest absolute Gasteiger partial charge is 0.493 e. The topological polar surface area (TPSA) is 68.3 Å². The molecule has 35 heavy (non-hydrogen) atoms. The van der Waals surface area contributed by atoms with Crippen molar-refractivity contribution < 1.29 is 23.9 Å². The molecule has 0 aromatic heterocycles. The maximum Gasteiger partial charge on any atom is 0.266 e. The van der Waals surface area contributed by atoms with Gasteiger partial charge in [0.05, 0.1) is 31.1 Å². The van der Waals surface area contributed by atoms with Crippen LogP contribution in [0.25, 0.3) is 0 Å². The molecule has 2 saturated heterocycles. The molecule has 0 bridgehead atoms. The molecule has 2 aliphatic rings. The first-order chi connectivity index (χ1) is 17.0. The number of nitrogens with zero attached hydrogens (tertiary/aromatic N) is 2. The van der Waals surface area contributed by atoms with Crippen LogP contribution in [0.2, 0.25) is 0 Å². The van der Waals surface area contributed by atoms with Gasteiger partial charge in [0, 0.05) is 0 Å². The zero-order chi connectivity index (χ0) is 24.5. The summed E-state index contributed by atoms with van der Waals surface area (Å²) in [6.07, 6.45) is -0.0470.